The molecule has 15 heavy (non-hydrogen) atoms. The van der Waals surface area contributed by atoms with E-state index < -0.39 is 0 Å². The molecule has 1 aromatic rings. The molecule has 1 fully saturated rings. The van der Waals surface area contributed by atoms with Crippen LogP contribution in [0.15, 0.2) is 6.33 Å². The summed E-state index contributed by atoms with van der Waals surface area (Å²) >= 11 is 0. The summed E-state index contributed by atoms with van der Waals surface area (Å²) in [5, 5.41) is 9.43. The van der Waals surface area contributed by atoms with Crippen molar-refractivity contribution < 1.29 is 5.11 Å². The van der Waals surface area contributed by atoms with Crippen LogP contribution in [-0.4, -0.2) is 27.3 Å². The Labute approximate surface area is 90.1 Å². The topological polar surface area (TPSA) is 64.1 Å². The number of nitrogens with zero attached hydrogens (tertiary/aromatic N) is 2. The lowest BCUT2D eigenvalue weighted by molar-refractivity contribution is 0.197. The van der Waals surface area contributed by atoms with Crippen molar-refractivity contribution in [2.75, 3.05) is 6.61 Å². The van der Waals surface area contributed by atoms with Crippen LogP contribution in [0.25, 0.3) is 0 Å². The van der Waals surface area contributed by atoms with E-state index in [1.165, 1.54) is 12.8 Å². The maximum Gasteiger partial charge on any atom is 0.0955 e. The second-order valence-corrected chi connectivity index (χ2v) is 4.49. The molecule has 4 nitrogen and oxygen atoms in total. The molecule has 1 aliphatic rings. The highest BCUT2D eigenvalue weighted by Gasteiger charge is 2.34. The van der Waals surface area contributed by atoms with E-state index in [0.717, 1.165) is 11.4 Å². The van der Waals surface area contributed by atoms with Gasteiger partial charge in [-0.2, -0.15) is 0 Å². The van der Waals surface area contributed by atoms with Gasteiger partial charge in [-0.05, 0) is 32.6 Å². The van der Waals surface area contributed by atoms with Gasteiger partial charge in [0, 0.05) is 11.7 Å². The first kappa shape index (κ1) is 10.6. The molecule has 0 aromatic carbocycles. The Morgan fingerprint density at radius 1 is 1.60 bits per heavy atom. The fraction of sp³-hybridized carbons (Fsp3) is 0.727. The van der Waals surface area contributed by atoms with E-state index in [1.807, 2.05) is 18.4 Å². The van der Waals surface area contributed by atoms with E-state index in [4.69, 9.17) is 5.73 Å². The van der Waals surface area contributed by atoms with Crippen LogP contribution < -0.4 is 5.73 Å². The van der Waals surface area contributed by atoms with Crippen molar-refractivity contribution in [1.29, 1.82) is 0 Å². The quantitative estimate of drug-likeness (QED) is 0.770. The van der Waals surface area contributed by atoms with Crippen molar-refractivity contribution >= 4 is 0 Å². The minimum atomic E-state index is -0.0151. The molecule has 0 saturated heterocycles. The third kappa shape index (κ3) is 1.92. The summed E-state index contributed by atoms with van der Waals surface area (Å²) in [7, 11) is 0. The largest absolute Gasteiger partial charge is 0.394 e. The number of aliphatic hydroxyl groups excluding tert-OH is 1. The molecule has 0 spiro atoms. The smallest absolute Gasteiger partial charge is 0.0955 e. The maximum atomic E-state index is 9.43. The van der Waals surface area contributed by atoms with Crippen molar-refractivity contribution in [1.82, 2.24) is 9.55 Å². The van der Waals surface area contributed by atoms with Crippen LogP contribution in [-0.2, 0) is 0 Å². The van der Waals surface area contributed by atoms with Gasteiger partial charge in [0.25, 0.3) is 0 Å². The van der Waals surface area contributed by atoms with E-state index in [2.05, 4.69) is 4.98 Å². The first-order valence-electron chi connectivity index (χ1n) is 5.51. The van der Waals surface area contributed by atoms with Gasteiger partial charge in [-0.3, -0.25) is 0 Å². The van der Waals surface area contributed by atoms with Gasteiger partial charge < -0.3 is 15.4 Å². The second-order valence-electron chi connectivity index (χ2n) is 4.49. The molecule has 1 aromatic heterocycles. The number of hydrogen-bond donors (Lipinski definition) is 2. The molecule has 1 heterocycles. The summed E-state index contributed by atoms with van der Waals surface area (Å²) in [5.74, 6) is 0.587. The van der Waals surface area contributed by atoms with Crippen LogP contribution in [0.3, 0.4) is 0 Å². The first-order valence-corrected chi connectivity index (χ1v) is 5.51. The number of aliphatic hydroxyl groups is 1. The van der Waals surface area contributed by atoms with Gasteiger partial charge in [0.15, 0.2) is 0 Å². The second kappa shape index (κ2) is 3.94. The van der Waals surface area contributed by atoms with Crippen molar-refractivity contribution in [2.24, 2.45) is 11.7 Å². The van der Waals surface area contributed by atoms with Crippen LogP contribution >= 0.6 is 0 Å². The molecule has 2 unspecified atom stereocenters. The van der Waals surface area contributed by atoms with Crippen molar-refractivity contribution in [3.63, 3.8) is 0 Å². The predicted molar refractivity (Wildman–Crippen MR) is 58.5 cm³/mol. The minimum absolute atomic E-state index is 0.0151. The fourth-order valence-electron chi connectivity index (χ4n) is 2.04. The highest BCUT2D eigenvalue weighted by Crippen LogP contribution is 2.36. The monoisotopic (exact) mass is 209 g/mol. The fourth-order valence-corrected chi connectivity index (χ4v) is 2.04. The number of aromatic nitrogens is 2. The average molecular weight is 209 g/mol. The zero-order valence-corrected chi connectivity index (χ0v) is 9.35. The maximum absolute atomic E-state index is 9.43. The van der Waals surface area contributed by atoms with Crippen LogP contribution in [0, 0.1) is 19.8 Å². The Morgan fingerprint density at radius 3 is 2.67 bits per heavy atom. The van der Waals surface area contributed by atoms with Crippen LogP contribution in [0.5, 0.6) is 0 Å². The molecular formula is C11H19N3O. The number of hydrogen-bond acceptors (Lipinski definition) is 3. The molecule has 1 aliphatic carbocycles. The summed E-state index contributed by atoms with van der Waals surface area (Å²) in [6.45, 7) is 4.09. The van der Waals surface area contributed by atoms with Crippen LogP contribution in [0.4, 0.5) is 0 Å². The molecule has 2 atom stereocenters. The Morgan fingerprint density at radius 2 is 2.27 bits per heavy atom. The van der Waals surface area contributed by atoms with Crippen LogP contribution in [0.2, 0.25) is 0 Å². The lowest BCUT2D eigenvalue weighted by atomic mass is 10.0. The van der Waals surface area contributed by atoms with E-state index in [9.17, 15) is 5.11 Å². The normalized spacial score (nSPS) is 20.3. The molecule has 3 N–H and O–H groups in total. The van der Waals surface area contributed by atoms with Crippen molar-refractivity contribution in [3.8, 4) is 0 Å². The lowest BCUT2D eigenvalue weighted by Crippen LogP contribution is -2.36. The Bertz CT molecular complexity index is 344. The number of imidazole rings is 1. The Hall–Kier alpha value is -0.870. The molecule has 0 radical (unpaired) electrons. The predicted octanol–water partition coefficient (Wildman–Crippen LogP) is 0.771. The van der Waals surface area contributed by atoms with Gasteiger partial charge in [0.05, 0.1) is 24.7 Å². The first-order chi connectivity index (χ1) is 7.15. The molecule has 0 aliphatic heterocycles. The highest BCUT2D eigenvalue weighted by atomic mass is 16.3. The molecular weight excluding hydrogens is 190 g/mol. The Kier molecular flexibility index (Phi) is 2.80. The summed E-state index contributed by atoms with van der Waals surface area (Å²) in [4.78, 5) is 4.24. The van der Waals surface area contributed by atoms with E-state index >= 15 is 0 Å². The average Bonchev–Trinajstić information content (AvgIpc) is 3.01. The van der Waals surface area contributed by atoms with Crippen LogP contribution in [0.1, 0.15) is 30.3 Å². The Balaban J connectivity index is 2.21. The third-order valence-electron chi connectivity index (χ3n) is 3.44. The van der Waals surface area contributed by atoms with Gasteiger partial charge in [-0.1, -0.05) is 0 Å². The zero-order chi connectivity index (χ0) is 11.0. The standard InChI is InChI=1S/C11H19N3O/c1-7-8(2)14(6-13-7)10(5-15)11(12)9-3-4-9/h6,9-11,15H,3-5,12H2,1-2H3. The van der Waals surface area contributed by atoms with Gasteiger partial charge in [0.2, 0.25) is 0 Å². The lowest BCUT2D eigenvalue weighted by Gasteiger charge is -2.24. The van der Waals surface area contributed by atoms with E-state index in [1.54, 1.807) is 6.33 Å². The van der Waals surface area contributed by atoms with Gasteiger partial charge in [-0.25, -0.2) is 4.98 Å². The number of rotatable bonds is 4. The highest BCUT2D eigenvalue weighted by molar-refractivity contribution is 5.11. The summed E-state index contributed by atoms with van der Waals surface area (Å²) in [6, 6.07) is 0.0426. The molecule has 0 bridgehead atoms. The molecule has 0 amide bonds. The number of aryl methyl sites for hydroxylation is 1. The SMILES string of the molecule is Cc1ncn(C(CO)C(N)C2CC2)c1C. The number of nitrogens with two attached hydrogens (primary N) is 1. The summed E-state index contributed by atoms with van der Waals surface area (Å²) in [6.07, 6.45) is 4.18. The third-order valence-corrected chi connectivity index (χ3v) is 3.44. The van der Waals surface area contributed by atoms with E-state index in [-0.39, 0.29) is 18.7 Å². The zero-order valence-electron chi connectivity index (χ0n) is 9.35. The van der Waals surface area contributed by atoms with Gasteiger partial charge in [-0.15, -0.1) is 0 Å². The molecule has 84 valence electrons. The van der Waals surface area contributed by atoms with Gasteiger partial charge >= 0.3 is 0 Å². The van der Waals surface area contributed by atoms with Crippen molar-refractivity contribution in [3.05, 3.63) is 17.7 Å². The molecule has 2 rings (SSSR count). The van der Waals surface area contributed by atoms with E-state index in [0.29, 0.717) is 5.92 Å². The van der Waals surface area contributed by atoms with Crippen molar-refractivity contribution in [2.45, 2.75) is 38.8 Å². The molecule has 4 heteroatoms. The molecule has 1 saturated carbocycles. The summed E-state index contributed by atoms with van der Waals surface area (Å²) in [5.41, 5.74) is 8.25. The summed E-state index contributed by atoms with van der Waals surface area (Å²) < 4.78 is 2.01. The minimum Gasteiger partial charge on any atom is -0.394 e. The van der Waals surface area contributed by atoms with Gasteiger partial charge in [0.1, 0.15) is 0 Å².